The lowest BCUT2D eigenvalue weighted by Gasteiger charge is -2.10. The molecule has 0 spiro atoms. The van der Waals surface area contributed by atoms with Gasteiger partial charge in [-0.05, 0) is 33.6 Å². The van der Waals surface area contributed by atoms with E-state index in [4.69, 9.17) is 4.74 Å². The lowest BCUT2D eigenvalue weighted by molar-refractivity contribution is 0.0601. The van der Waals surface area contributed by atoms with Crippen LogP contribution in [-0.2, 0) is 16.1 Å². The van der Waals surface area contributed by atoms with E-state index >= 15 is 0 Å². The van der Waals surface area contributed by atoms with E-state index in [9.17, 15) is 9.59 Å². The highest BCUT2D eigenvalue weighted by Crippen LogP contribution is 2.18. The minimum absolute atomic E-state index is 0.0688. The number of esters is 1. The molecule has 2 aromatic rings. The number of hydrogen-bond acceptors (Lipinski definition) is 5. The zero-order chi connectivity index (χ0) is 15.9. The summed E-state index contributed by atoms with van der Waals surface area (Å²) in [6, 6.07) is 12.3. The fourth-order valence-corrected chi connectivity index (χ4v) is 1.97. The van der Waals surface area contributed by atoms with E-state index in [0.717, 1.165) is 5.56 Å². The van der Waals surface area contributed by atoms with Gasteiger partial charge in [0, 0.05) is 0 Å². The Morgan fingerprint density at radius 1 is 1.18 bits per heavy atom. The Balaban J connectivity index is 2.04. The SMILES string of the molecule is COC(=O)c1ccc(Br)nc1NC(=O)OCc1ccccc1. The lowest BCUT2D eigenvalue weighted by atomic mass is 10.2. The van der Waals surface area contributed by atoms with Crippen molar-refractivity contribution in [2.75, 3.05) is 12.4 Å². The van der Waals surface area contributed by atoms with Gasteiger partial charge in [0.05, 0.1) is 7.11 Å². The number of pyridine rings is 1. The van der Waals surface area contributed by atoms with Crippen LogP contribution in [-0.4, -0.2) is 24.2 Å². The summed E-state index contributed by atoms with van der Waals surface area (Å²) in [6.45, 7) is 0.119. The summed E-state index contributed by atoms with van der Waals surface area (Å²) in [7, 11) is 1.25. The van der Waals surface area contributed by atoms with Crippen molar-refractivity contribution in [1.82, 2.24) is 4.98 Å². The van der Waals surface area contributed by atoms with E-state index in [1.165, 1.54) is 13.2 Å². The number of halogens is 1. The second-order valence-corrected chi connectivity index (χ2v) is 5.02. The van der Waals surface area contributed by atoms with Gasteiger partial charge in [-0.1, -0.05) is 30.3 Å². The number of hydrogen-bond donors (Lipinski definition) is 1. The van der Waals surface area contributed by atoms with E-state index in [2.05, 4.69) is 31.0 Å². The summed E-state index contributed by atoms with van der Waals surface area (Å²) in [5.41, 5.74) is 0.996. The van der Waals surface area contributed by atoms with Crippen molar-refractivity contribution in [2.24, 2.45) is 0 Å². The molecule has 0 aliphatic carbocycles. The maximum Gasteiger partial charge on any atom is 0.413 e. The van der Waals surface area contributed by atoms with Gasteiger partial charge in [-0.2, -0.15) is 0 Å². The molecule has 0 unspecified atom stereocenters. The molecular formula is C15H13BrN2O4. The Labute approximate surface area is 135 Å². The van der Waals surface area contributed by atoms with Crippen molar-refractivity contribution in [1.29, 1.82) is 0 Å². The second kappa shape index (κ2) is 7.56. The van der Waals surface area contributed by atoms with Crippen molar-refractivity contribution in [3.8, 4) is 0 Å². The molecule has 0 aliphatic heterocycles. The zero-order valence-corrected chi connectivity index (χ0v) is 13.3. The molecule has 0 bridgehead atoms. The molecule has 1 N–H and O–H groups in total. The number of carbonyl (C=O) groups excluding carboxylic acids is 2. The van der Waals surface area contributed by atoms with Gasteiger partial charge in [0.2, 0.25) is 0 Å². The monoisotopic (exact) mass is 364 g/mol. The fraction of sp³-hybridized carbons (Fsp3) is 0.133. The van der Waals surface area contributed by atoms with E-state index in [1.807, 2.05) is 30.3 Å². The number of ether oxygens (including phenoxy) is 2. The Hall–Kier alpha value is -2.41. The highest BCUT2D eigenvalue weighted by atomic mass is 79.9. The number of amides is 1. The molecule has 6 nitrogen and oxygen atoms in total. The highest BCUT2D eigenvalue weighted by Gasteiger charge is 2.16. The topological polar surface area (TPSA) is 77.5 Å². The first-order chi connectivity index (χ1) is 10.6. The Morgan fingerprint density at radius 2 is 1.91 bits per heavy atom. The fourth-order valence-electron chi connectivity index (χ4n) is 1.66. The third-order valence-corrected chi connectivity index (χ3v) is 3.14. The molecule has 1 aromatic carbocycles. The minimum atomic E-state index is -0.709. The number of nitrogens with one attached hydrogen (secondary N) is 1. The standard InChI is InChI=1S/C15H13BrN2O4/c1-21-14(19)11-7-8-12(16)17-13(11)18-15(20)22-9-10-5-3-2-4-6-10/h2-8H,9H2,1H3,(H,17,18,20). The van der Waals surface area contributed by atoms with Crippen LogP contribution >= 0.6 is 15.9 Å². The van der Waals surface area contributed by atoms with Gasteiger partial charge in [-0.15, -0.1) is 0 Å². The molecule has 0 radical (unpaired) electrons. The van der Waals surface area contributed by atoms with Gasteiger partial charge >= 0.3 is 12.1 Å². The molecule has 0 saturated carbocycles. The summed E-state index contributed by atoms with van der Waals surface area (Å²) in [6.07, 6.45) is -0.709. The van der Waals surface area contributed by atoms with Crippen molar-refractivity contribution in [2.45, 2.75) is 6.61 Å². The molecule has 1 heterocycles. The van der Waals surface area contributed by atoms with E-state index < -0.39 is 12.1 Å². The Morgan fingerprint density at radius 3 is 2.59 bits per heavy atom. The normalized spacial score (nSPS) is 9.91. The van der Waals surface area contributed by atoms with Crippen molar-refractivity contribution in [3.05, 3.63) is 58.2 Å². The predicted molar refractivity (Wildman–Crippen MR) is 83.5 cm³/mol. The molecular weight excluding hydrogens is 352 g/mol. The van der Waals surface area contributed by atoms with E-state index in [-0.39, 0.29) is 18.0 Å². The van der Waals surface area contributed by atoms with Crippen molar-refractivity contribution >= 4 is 33.8 Å². The second-order valence-electron chi connectivity index (χ2n) is 4.21. The average molecular weight is 365 g/mol. The summed E-state index contributed by atoms with van der Waals surface area (Å²) < 4.78 is 10.2. The predicted octanol–water partition coefficient (Wildman–Crippen LogP) is 3.38. The van der Waals surface area contributed by atoms with Crippen LogP contribution in [0.15, 0.2) is 47.1 Å². The van der Waals surface area contributed by atoms with Crippen molar-refractivity contribution < 1.29 is 19.1 Å². The van der Waals surface area contributed by atoms with Gasteiger partial charge in [-0.25, -0.2) is 14.6 Å². The van der Waals surface area contributed by atoms with Crippen molar-refractivity contribution in [3.63, 3.8) is 0 Å². The van der Waals surface area contributed by atoms with Gasteiger partial charge in [0.15, 0.2) is 5.82 Å². The molecule has 0 saturated heterocycles. The van der Waals surface area contributed by atoms with E-state index in [1.54, 1.807) is 6.07 Å². The number of rotatable bonds is 4. The number of aromatic nitrogens is 1. The first-order valence-electron chi connectivity index (χ1n) is 6.32. The number of carbonyl (C=O) groups is 2. The number of anilines is 1. The van der Waals surface area contributed by atoms with Crippen LogP contribution in [0.5, 0.6) is 0 Å². The summed E-state index contributed by atoms with van der Waals surface area (Å²) in [4.78, 5) is 27.5. The third-order valence-electron chi connectivity index (χ3n) is 2.70. The lowest BCUT2D eigenvalue weighted by Crippen LogP contribution is -2.17. The molecule has 22 heavy (non-hydrogen) atoms. The molecule has 114 valence electrons. The first kappa shape index (κ1) is 16.0. The maximum absolute atomic E-state index is 11.8. The number of benzene rings is 1. The van der Waals surface area contributed by atoms with E-state index in [0.29, 0.717) is 4.60 Å². The quantitative estimate of drug-likeness (QED) is 0.664. The molecule has 7 heteroatoms. The van der Waals surface area contributed by atoms with Crippen LogP contribution in [0, 0.1) is 0 Å². The summed E-state index contributed by atoms with van der Waals surface area (Å²) in [5, 5.41) is 2.43. The van der Waals surface area contributed by atoms with Crippen LogP contribution in [0.2, 0.25) is 0 Å². The largest absolute Gasteiger partial charge is 0.465 e. The smallest absolute Gasteiger partial charge is 0.413 e. The van der Waals surface area contributed by atoms with Crippen LogP contribution in [0.1, 0.15) is 15.9 Å². The Bertz CT molecular complexity index is 676. The minimum Gasteiger partial charge on any atom is -0.465 e. The first-order valence-corrected chi connectivity index (χ1v) is 7.12. The summed E-state index contributed by atoms with van der Waals surface area (Å²) in [5.74, 6) is -0.530. The number of nitrogens with zero attached hydrogens (tertiary/aromatic N) is 1. The maximum atomic E-state index is 11.8. The average Bonchev–Trinajstić information content (AvgIpc) is 2.53. The van der Waals surface area contributed by atoms with Crippen LogP contribution in [0.3, 0.4) is 0 Å². The van der Waals surface area contributed by atoms with Gasteiger partial charge in [-0.3, -0.25) is 5.32 Å². The molecule has 0 aliphatic rings. The third kappa shape index (κ3) is 4.29. The molecule has 1 amide bonds. The van der Waals surface area contributed by atoms with Crippen LogP contribution < -0.4 is 5.32 Å². The molecule has 2 rings (SSSR count). The van der Waals surface area contributed by atoms with Crippen LogP contribution in [0.25, 0.3) is 0 Å². The highest BCUT2D eigenvalue weighted by molar-refractivity contribution is 9.10. The Kier molecular flexibility index (Phi) is 5.48. The summed E-state index contributed by atoms with van der Waals surface area (Å²) >= 11 is 3.18. The van der Waals surface area contributed by atoms with Gasteiger partial charge in [0.1, 0.15) is 16.8 Å². The van der Waals surface area contributed by atoms with Gasteiger partial charge in [0.25, 0.3) is 0 Å². The molecule has 1 aromatic heterocycles. The molecule has 0 fully saturated rings. The molecule has 0 atom stereocenters. The number of methoxy groups -OCH3 is 1. The van der Waals surface area contributed by atoms with Crippen LogP contribution in [0.4, 0.5) is 10.6 Å². The van der Waals surface area contributed by atoms with Gasteiger partial charge < -0.3 is 9.47 Å². The zero-order valence-electron chi connectivity index (χ0n) is 11.7.